The first-order valence-electron chi connectivity index (χ1n) is 8.24. The van der Waals surface area contributed by atoms with E-state index in [1.54, 1.807) is 4.52 Å². The summed E-state index contributed by atoms with van der Waals surface area (Å²) in [6.45, 7) is 0.946. The fraction of sp³-hybridized carbons (Fsp3) is 0.111. The van der Waals surface area contributed by atoms with E-state index in [2.05, 4.69) is 36.2 Å². The average molecular weight is 441 g/mol. The van der Waals surface area contributed by atoms with E-state index in [-0.39, 0.29) is 0 Å². The molecule has 0 aliphatic rings. The second-order valence-electron chi connectivity index (χ2n) is 5.91. The minimum Gasteiger partial charge on any atom is -0.486 e. The Kier molecular flexibility index (Phi) is 4.10. The molecule has 27 heavy (non-hydrogen) atoms. The largest absolute Gasteiger partial charge is 0.486 e. The van der Waals surface area contributed by atoms with Gasteiger partial charge in [0.25, 0.3) is 0 Å². The Labute approximate surface area is 166 Å². The number of fused-ring (bicyclic) bond motifs is 2. The van der Waals surface area contributed by atoms with Gasteiger partial charge in [-0.3, -0.25) is 0 Å². The van der Waals surface area contributed by atoms with Crippen LogP contribution in [0.25, 0.3) is 16.0 Å². The second kappa shape index (κ2) is 6.75. The predicted molar refractivity (Wildman–Crippen MR) is 106 cm³/mol. The van der Waals surface area contributed by atoms with Crippen LogP contribution >= 0.6 is 27.3 Å². The summed E-state index contributed by atoms with van der Waals surface area (Å²) >= 11 is 4.89. The monoisotopic (exact) mass is 440 g/mol. The van der Waals surface area contributed by atoms with Crippen molar-refractivity contribution in [2.45, 2.75) is 13.2 Å². The lowest BCUT2D eigenvalue weighted by molar-refractivity contribution is 0.304. The van der Waals surface area contributed by atoms with Crippen LogP contribution in [0.4, 0.5) is 0 Å². The molecule has 0 atom stereocenters. The molecule has 0 amide bonds. The molecule has 134 valence electrons. The zero-order valence-electron chi connectivity index (χ0n) is 14.0. The first kappa shape index (κ1) is 16.4. The molecule has 0 N–H and O–H groups in total. The van der Waals surface area contributed by atoms with Gasteiger partial charge in [0.05, 0.1) is 23.9 Å². The van der Waals surface area contributed by atoms with Crippen molar-refractivity contribution in [3.05, 3.63) is 70.2 Å². The first-order chi connectivity index (χ1) is 13.3. The maximum absolute atomic E-state index is 5.80. The van der Waals surface area contributed by atoms with Crippen molar-refractivity contribution in [2.75, 3.05) is 0 Å². The summed E-state index contributed by atoms with van der Waals surface area (Å²) in [6, 6.07) is 15.7. The van der Waals surface area contributed by atoms with E-state index in [1.165, 1.54) is 11.3 Å². The van der Waals surface area contributed by atoms with Crippen molar-refractivity contribution in [1.29, 1.82) is 0 Å². The average Bonchev–Trinajstić information content (AvgIpc) is 3.37. The Bertz CT molecular complexity index is 1230. The molecule has 0 saturated heterocycles. The number of halogens is 1. The van der Waals surface area contributed by atoms with Gasteiger partial charge < -0.3 is 9.30 Å². The van der Waals surface area contributed by atoms with Crippen molar-refractivity contribution < 1.29 is 4.74 Å². The fourth-order valence-corrected chi connectivity index (χ4v) is 3.85. The first-order valence-corrected chi connectivity index (χ1v) is 9.85. The molecule has 9 heteroatoms. The maximum Gasteiger partial charge on any atom is 0.234 e. The number of imidazole rings is 1. The van der Waals surface area contributed by atoms with Crippen LogP contribution in [0.3, 0.4) is 0 Å². The Morgan fingerprint density at radius 1 is 1.04 bits per heavy atom. The van der Waals surface area contributed by atoms with Gasteiger partial charge in [-0.1, -0.05) is 39.4 Å². The topological polar surface area (TPSA) is 70.1 Å². The number of para-hydroxylation sites is 2. The smallest absolute Gasteiger partial charge is 0.234 e. The molecule has 3 heterocycles. The lowest BCUT2D eigenvalue weighted by Crippen LogP contribution is -2.05. The van der Waals surface area contributed by atoms with Crippen LogP contribution < -0.4 is 4.74 Å². The lowest BCUT2D eigenvalue weighted by atomic mass is 10.3. The van der Waals surface area contributed by atoms with Crippen molar-refractivity contribution in [3.8, 4) is 5.75 Å². The highest BCUT2D eigenvalue weighted by atomic mass is 79.9. The van der Waals surface area contributed by atoms with Crippen LogP contribution in [0.2, 0.25) is 0 Å². The van der Waals surface area contributed by atoms with E-state index in [1.807, 2.05) is 59.4 Å². The second-order valence-corrected chi connectivity index (χ2v) is 7.87. The number of hydrogen-bond acceptors (Lipinski definition) is 6. The van der Waals surface area contributed by atoms with Crippen LogP contribution in [-0.2, 0) is 13.2 Å². The molecule has 0 fully saturated rings. The summed E-state index contributed by atoms with van der Waals surface area (Å²) < 4.78 is 10.6. The molecular weight excluding hydrogens is 428 g/mol. The zero-order valence-corrected chi connectivity index (χ0v) is 16.4. The summed E-state index contributed by atoms with van der Waals surface area (Å²) in [7, 11) is 0. The molecule has 0 radical (unpaired) electrons. The van der Waals surface area contributed by atoms with Gasteiger partial charge in [0.15, 0.2) is 10.8 Å². The van der Waals surface area contributed by atoms with Crippen LogP contribution in [-0.4, -0.2) is 29.4 Å². The molecule has 0 aliphatic carbocycles. The molecular formula is C18H13BrN6OS. The van der Waals surface area contributed by atoms with Crippen molar-refractivity contribution in [3.63, 3.8) is 0 Å². The Balaban J connectivity index is 1.37. The zero-order chi connectivity index (χ0) is 18.2. The molecule has 7 nitrogen and oxygen atoms in total. The lowest BCUT2D eigenvalue weighted by Gasteiger charge is -2.03. The third-order valence-corrected chi connectivity index (χ3v) is 5.51. The van der Waals surface area contributed by atoms with Gasteiger partial charge in [0, 0.05) is 4.47 Å². The predicted octanol–water partition coefficient (Wildman–Crippen LogP) is 3.93. The van der Waals surface area contributed by atoms with Crippen LogP contribution in [0, 0.1) is 0 Å². The van der Waals surface area contributed by atoms with Gasteiger partial charge in [0.2, 0.25) is 4.96 Å². The van der Waals surface area contributed by atoms with Gasteiger partial charge in [-0.2, -0.15) is 9.61 Å². The molecule has 0 spiro atoms. The standard InChI is InChI=1S/C18H13BrN6OS/c19-12-5-7-13(8-6-12)26-10-17-23-25-16(21-22-18(25)27-17)9-24-11-20-14-3-1-2-4-15(14)24/h1-8,11H,9-10H2. The van der Waals surface area contributed by atoms with Gasteiger partial charge in [-0.05, 0) is 36.4 Å². The summed E-state index contributed by atoms with van der Waals surface area (Å²) in [4.78, 5) is 5.17. The van der Waals surface area contributed by atoms with Crippen LogP contribution in [0.1, 0.15) is 10.8 Å². The number of benzene rings is 2. The highest BCUT2D eigenvalue weighted by molar-refractivity contribution is 9.10. The summed E-state index contributed by atoms with van der Waals surface area (Å²) in [5.41, 5.74) is 2.02. The molecule has 3 aromatic heterocycles. The minimum absolute atomic E-state index is 0.392. The van der Waals surface area contributed by atoms with E-state index in [4.69, 9.17) is 4.74 Å². The van der Waals surface area contributed by atoms with Crippen molar-refractivity contribution >= 4 is 43.3 Å². The van der Waals surface area contributed by atoms with Gasteiger partial charge >= 0.3 is 0 Å². The minimum atomic E-state index is 0.392. The summed E-state index contributed by atoms with van der Waals surface area (Å²) in [5, 5.41) is 14.0. The van der Waals surface area contributed by atoms with Crippen LogP contribution in [0.15, 0.2) is 59.3 Å². The maximum atomic E-state index is 5.80. The Morgan fingerprint density at radius 2 is 1.89 bits per heavy atom. The molecule has 2 aromatic carbocycles. The molecule has 5 aromatic rings. The van der Waals surface area contributed by atoms with Crippen LogP contribution in [0.5, 0.6) is 5.75 Å². The van der Waals surface area contributed by atoms with E-state index in [0.29, 0.717) is 13.2 Å². The molecule has 0 aliphatic heterocycles. The van der Waals surface area contributed by atoms with Crippen molar-refractivity contribution in [2.24, 2.45) is 0 Å². The SMILES string of the molecule is Brc1ccc(OCc2nn3c(Cn4cnc5ccccc54)nnc3s2)cc1. The third kappa shape index (κ3) is 3.19. The van der Waals surface area contributed by atoms with E-state index in [9.17, 15) is 0 Å². The molecule has 5 rings (SSSR count). The Morgan fingerprint density at radius 3 is 2.78 bits per heavy atom. The molecule has 0 unspecified atom stereocenters. The third-order valence-electron chi connectivity index (χ3n) is 4.11. The van der Waals surface area contributed by atoms with Gasteiger partial charge in [0.1, 0.15) is 12.4 Å². The molecule has 0 saturated carbocycles. The van der Waals surface area contributed by atoms with E-state index < -0.39 is 0 Å². The number of rotatable bonds is 5. The number of aromatic nitrogens is 6. The highest BCUT2D eigenvalue weighted by Crippen LogP contribution is 2.20. The quantitative estimate of drug-likeness (QED) is 0.414. The number of hydrogen-bond donors (Lipinski definition) is 0. The molecule has 0 bridgehead atoms. The normalized spacial score (nSPS) is 11.4. The highest BCUT2D eigenvalue weighted by Gasteiger charge is 2.13. The fourth-order valence-electron chi connectivity index (χ4n) is 2.82. The summed E-state index contributed by atoms with van der Waals surface area (Å²) in [6.07, 6.45) is 1.82. The number of nitrogens with zero attached hydrogens (tertiary/aromatic N) is 6. The van der Waals surface area contributed by atoms with Gasteiger partial charge in [-0.25, -0.2) is 4.98 Å². The Hall–Kier alpha value is -2.78. The summed E-state index contributed by atoms with van der Waals surface area (Å²) in [5.74, 6) is 1.56. The number of ether oxygens (including phenoxy) is 1. The van der Waals surface area contributed by atoms with E-state index in [0.717, 1.165) is 37.0 Å². The van der Waals surface area contributed by atoms with Crippen molar-refractivity contribution in [1.82, 2.24) is 29.4 Å². The van der Waals surface area contributed by atoms with Gasteiger partial charge in [-0.15, -0.1) is 10.2 Å². The van der Waals surface area contributed by atoms with E-state index >= 15 is 0 Å².